The highest BCUT2D eigenvalue weighted by Gasteiger charge is 2.35. The first-order valence-corrected chi connectivity index (χ1v) is 8.39. The second kappa shape index (κ2) is 5.70. The summed E-state index contributed by atoms with van der Waals surface area (Å²) in [5, 5.41) is 5.95. The summed E-state index contributed by atoms with van der Waals surface area (Å²) >= 11 is 1.35. The van der Waals surface area contributed by atoms with E-state index in [2.05, 4.69) is 10.1 Å². The Bertz CT molecular complexity index is 1030. The fraction of sp³-hybridized carbons (Fsp3) is 0.111. The molecule has 0 N–H and O–H groups in total. The zero-order valence-electron chi connectivity index (χ0n) is 13.1. The highest BCUT2D eigenvalue weighted by Crippen LogP contribution is 2.34. The number of aryl methyl sites for hydroxylation is 1. The number of thiophene rings is 1. The molecule has 25 heavy (non-hydrogen) atoms. The predicted octanol–water partition coefficient (Wildman–Crippen LogP) is 5.45. The molecule has 0 fully saturated rings. The Morgan fingerprint density at radius 1 is 1.00 bits per heavy atom. The molecule has 0 aliphatic carbocycles. The monoisotopic (exact) mass is 359 g/mol. The lowest BCUT2D eigenvalue weighted by Gasteiger charge is -2.10. The molecule has 4 aromatic rings. The Kier molecular flexibility index (Phi) is 3.61. The van der Waals surface area contributed by atoms with Gasteiger partial charge >= 0.3 is 6.18 Å². The molecule has 0 saturated carbocycles. The largest absolute Gasteiger partial charge is 0.433 e. The van der Waals surface area contributed by atoms with E-state index in [4.69, 9.17) is 0 Å². The second-order valence-corrected chi connectivity index (χ2v) is 6.61. The van der Waals surface area contributed by atoms with Gasteiger partial charge in [0.05, 0.1) is 16.3 Å². The number of benzene rings is 1. The maximum atomic E-state index is 13.5. The van der Waals surface area contributed by atoms with Gasteiger partial charge in [0.2, 0.25) is 0 Å². The average Bonchev–Trinajstić information content (AvgIpc) is 3.23. The van der Waals surface area contributed by atoms with Crippen molar-refractivity contribution in [3.05, 3.63) is 65.2 Å². The third kappa shape index (κ3) is 2.91. The summed E-state index contributed by atoms with van der Waals surface area (Å²) in [6.07, 6.45) is -4.52. The Hall–Kier alpha value is -2.67. The van der Waals surface area contributed by atoms with E-state index in [0.717, 1.165) is 21.7 Å². The van der Waals surface area contributed by atoms with Crippen LogP contribution >= 0.6 is 11.3 Å². The van der Waals surface area contributed by atoms with Crippen molar-refractivity contribution in [3.8, 4) is 21.8 Å². The number of halogens is 3. The van der Waals surface area contributed by atoms with Crippen molar-refractivity contribution in [2.45, 2.75) is 13.1 Å². The summed E-state index contributed by atoms with van der Waals surface area (Å²) in [6.45, 7) is 1.95. The van der Waals surface area contributed by atoms with E-state index in [1.54, 1.807) is 18.2 Å². The van der Waals surface area contributed by atoms with E-state index in [1.165, 1.54) is 11.3 Å². The van der Waals surface area contributed by atoms with Crippen LogP contribution in [0.4, 0.5) is 13.2 Å². The molecule has 4 rings (SSSR count). The molecule has 3 aromatic heterocycles. The van der Waals surface area contributed by atoms with E-state index >= 15 is 0 Å². The zero-order valence-corrected chi connectivity index (χ0v) is 13.9. The summed E-state index contributed by atoms with van der Waals surface area (Å²) in [6, 6.07) is 13.6. The highest BCUT2D eigenvalue weighted by molar-refractivity contribution is 7.13. The molecule has 0 aliphatic rings. The topological polar surface area (TPSA) is 30.2 Å². The molecule has 0 unspecified atom stereocenters. The first kappa shape index (κ1) is 15.8. The fourth-order valence-corrected chi connectivity index (χ4v) is 3.28. The van der Waals surface area contributed by atoms with Crippen molar-refractivity contribution in [2.24, 2.45) is 0 Å². The van der Waals surface area contributed by atoms with Crippen LogP contribution in [0.5, 0.6) is 0 Å². The molecule has 0 spiro atoms. The van der Waals surface area contributed by atoms with Gasteiger partial charge in [-0.15, -0.1) is 11.3 Å². The van der Waals surface area contributed by atoms with Crippen molar-refractivity contribution >= 4 is 17.0 Å². The van der Waals surface area contributed by atoms with Gasteiger partial charge in [-0.3, -0.25) is 0 Å². The lowest BCUT2D eigenvalue weighted by molar-refractivity contribution is -0.142. The standard InChI is InChI=1S/C18H12F3N3S/c1-11-4-6-12(7-5-11)13-10-17-22-14(15-3-2-8-25-15)9-16(18(19,20)21)24(17)23-13/h2-10H,1H3. The number of hydrogen-bond donors (Lipinski definition) is 0. The lowest BCUT2D eigenvalue weighted by atomic mass is 10.1. The van der Waals surface area contributed by atoms with E-state index in [-0.39, 0.29) is 5.65 Å². The van der Waals surface area contributed by atoms with Gasteiger partial charge in [-0.1, -0.05) is 35.9 Å². The van der Waals surface area contributed by atoms with Crippen molar-refractivity contribution in [1.82, 2.24) is 14.6 Å². The van der Waals surface area contributed by atoms with Crippen LogP contribution in [0.1, 0.15) is 11.3 Å². The first-order valence-electron chi connectivity index (χ1n) is 7.51. The second-order valence-electron chi connectivity index (χ2n) is 5.67. The minimum absolute atomic E-state index is 0.175. The van der Waals surface area contributed by atoms with E-state index in [1.807, 2.05) is 36.6 Å². The van der Waals surface area contributed by atoms with Crippen molar-refractivity contribution in [3.63, 3.8) is 0 Å². The quantitative estimate of drug-likeness (QED) is 0.476. The van der Waals surface area contributed by atoms with Gasteiger partial charge in [-0.25, -0.2) is 9.50 Å². The third-order valence-corrected chi connectivity index (χ3v) is 4.73. The molecular formula is C18H12F3N3S. The summed E-state index contributed by atoms with van der Waals surface area (Å²) in [4.78, 5) is 5.05. The van der Waals surface area contributed by atoms with Gasteiger partial charge in [-0.2, -0.15) is 18.3 Å². The first-order chi connectivity index (χ1) is 11.9. The third-order valence-electron chi connectivity index (χ3n) is 3.84. The molecule has 1 aromatic carbocycles. The number of rotatable bonds is 2. The molecule has 7 heteroatoms. The molecule has 0 bridgehead atoms. The van der Waals surface area contributed by atoms with Crippen LogP contribution < -0.4 is 0 Å². The minimum atomic E-state index is -4.52. The summed E-state index contributed by atoms with van der Waals surface area (Å²) < 4.78 is 41.4. The van der Waals surface area contributed by atoms with Crippen molar-refractivity contribution < 1.29 is 13.2 Å². The predicted molar refractivity (Wildman–Crippen MR) is 91.5 cm³/mol. The van der Waals surface area contributed by atoms with Crippen LogP contribution in [0.15, 0.2) is 53.9 Å². The summed E-state index contributed by atoms with van der Waals surface area (Å²) in [5.74, 6) is 0. The Morgan fingerprint density at radius 2 is 1.76 bits per heavy atom. The maximum Gasteiger partial charge on any atom is 0.433 e. The van der Waals surface area contributed by atoms with Gasteiger partial charge < -0.3 is 0 Å². The maximum absolute atomic E-state index is 13.5. The van der Waals surface area contributed by atoms with Crippen LogP contribution in [-0.2, 0) is 6.18 Å². The smallest absolute Gasteiger partial charge is 0.228 e. The van der Waals surface area contributed by atoms with E-state index in [0.29, 0.717) is 16.3 Å². The molecule has 3 heterocycles. The Labute approximate surface area is 145 Å². The minimum Gasteiger partial charge on any atom is -0.228 e. The van der Waals surface area contributed by atoms with Crippen molar-refractivity contribution in [2.75, 3.05) is 0 Å². The normalized spacial score (nSPS) is 12.0. The van der Waals surface area contributed by atoms with Gasteiger partial charge in [0.1, 0.15) is 0 Å². The number of alkyl halides is 3. The SMILES string of the molecule is Cc1ccc(-c2cc3nc(-c4cccs4)cc(C(F)(F)F)n3n2)cc1. The van der Waals surface area contributed by atoms with Gasteiger partial charge in [-0.05, 0) is 24.4 Å². The highest BCUT2D eigenvalue weighted by atomic mass is 32.1. The molecule has 3 nitrogen and oxygen atoms in total. The molecule has 0 aliphatic heterocycles. The van der Waals surface area contributed by atoms with Crippen LogP contribution in [0.2, 0.25) is 0 Å². The number of fused-ring (bicyclic) bond motifs is 1. The van der Waals surface area contributed by atoms with E-state index < -0.39 is 11.9 Å². The molecule has 0 saturated heterocycles. The fourth-order valence-electron chi connectivity index (χ4n) is 2.59. The van der Waals surface area contributed by atoms with E-state index in [9.17, 15) is 13.2 Å². The molecule has 0 amide bonds. The van der Waals surface area contributed by atoms with Gasteiger partial charge in [0, 0.05) is 11.6 Å². The number of hydrogen-bond acceptors (Lipinski definition) is 3. The molecule has 126 valence electrons. The lowest BCUT2D eigenvalue weighted by Crippen LogP contribution is -2.13. The van der Waals surface area contributed by atoms with Crippen LogP contribution in [0, 0.1) is 6.92 Å². The average molecular weight is 359 g/mol. The van der Waals surface area contributed by atoms with Crippen molar-refractivity contribution in [1.29, 1.82) is 0 Å². The van der Waals surface area contributed by atoms with Crippen LogP contribution in [-0.4, -0.2) is 14.6 Å². The summed E-state index contributed by atoms with van der Waals surface area (Å²) in [5.41, 5.74) is 1.92. The Balaban J connectivity index is 1.95. The Morgan fingerprint density at radius 3 is 2.40 bits per heavy atom. The number of aromatic nitrogens is 3. The molecule has 0 radical (unpaired) electrons. The van der Waals surface area contributed by atoms with Gasteiger partial charge in [0.25, 0.3) is 0 Å². The van der Waals surface area contributed by atoms with Crippen LogP contribution in [0.3, 0.4) is 0 Å². The van der Waals surface area contributed by atoms with Crippen LogP contribution in [0.25, 0.3) is 27.5 Å². The van der Waals surface area contributed by atoms with Gasteiger partial charge in [0.15, 0.2) is 11.3 Å². The zero-order chi connectivity index (χ0) is 17.6. The molecular weight excluding hydrogens is 347 g/mol. The summed E-state index contributed by atoms with van der Waals surface area (Å²) in [7, 11) is 0. The molecule has 0 atom stereocenters. The number of nitrogens with zero attached hydrogens (tertiary/aromatic N) is 3.